The van der Waals surface area contributed by atoms with Gasteiger partial charge >= 0.3 is 0 Å². The van der Waals surface area contributed by atoms with Gasteiger partial charge in [0, 0.05) is 25.0 Å². The van der Waals surface area contributed by atoms with Gasteiger partial charge in [0.15, 0.2) is 0 Å². The molecule has 1 saturated heterocycles. The maximum atomic E-state index is 12.5. The highest BCUT2D eigenvalue weighted by Crippen LogP contribution is 2.27. The highest BCUT2D eigenvalue weighted by molar-refractivity contribution is 6.32. The minimum atomic E-state index is -0.313. The van der Waals surface area contributed by atoms with E-state index >= 15 is 0 Å². The highest BCUT2D eigenvalue weighted by Gasteiger charge is 2.27. The van der Waals surface area contributed by atoms with Crippen molar-refractivity contribution in [1.29, 1.82) is 5.26 Å². The van der Waals surface area contributed by atoms with Crippen LogP contribution in [-0.2, 0) is 9.53 Å². The number of ether oxygens (including phenoxy) is 2. The third kappa shape index (κ3) is 4.40. The lowest BCUT2D eigenvalue weighted by atomic mass is 10.2. The second kappa shape index (κ2) is 8.04. The number of hydrogen-bond donors (Lipinski definition) is 1. The molecule has 0 aliphatic carbocycles. The van der Waals surface area contributed by atoms with Crippen molar-refractivity contribution in [3.63, 3.8) is 0 Å². The van der Waals surface area contributed by atoms with Crippen molar-refractivity contribution in [1.82, 2.24) is 4.90 Å². The van der Waals surface area contributed by atoms with Gasteiger partial charge in [-0.2, -0.15) is 5.26 Å². The number of hydrogen-bond acceptors (Lipinski definition) is 5. The van der Waals surface area contributed by atoms with E-state index in [-0.39, 0.29) is 23.7 Å². The molecule has 0 bridgehead atoms. The fourth-order valence-corrected chi connectivity index (χ4v) is 2.83. The Morgan fingerprint density at radius 2 is 2.12 bits per heavy atom. The summed E-state index contributed by atoms with van der Waals surface area (Å²) in [5.41, 5.74) is 0.688. The zero-order chi connectivity index (χ0) is 17.7. The Kier molecular flexibility index (Phi) is 6.07. The number of nitrogens with zero attached hydrogens (tertiary/aromatic N) is 2. The summed E-state index contributed by atoms with van der Waals surface area (Å²) in [5.74, 6) is 0.241. The van der Waals surface area contributed by atoms with Crippen LogP contribution in [0.4, 0.5) is 5.69 Å². The minimum absolute atomic E-state index is 0.0308. The number of nitriles is 1. The number of rotatable bonds is 4. The zero-order valence-electron chi connectivity index (χ0n) is 13.9. The largest absolute Gasteiger partial charge is 0.495 e. The van der Waals surface area contributed by atoms with Gasteiger partial charge in [0.05, 0.1) is 24.3 Å². The lowest BCUT2D eigenvalue weighted by molar-refractivity contribution is -0.138. The second-order valence-electron chi connectivity index (χ2n) is 5.63. The summed E-state index contributed by atoms with van der Waals surface area (Å²) in [7, 11) is 1.53. The molecule has 6 nitrogen and oxygen atoms in total. The summed E-state index contributed by atoms with van der Waals surface area (Å²) < 4.78 is 10.7. The van der Waals surface area contributed by atoms with Crippen LogP contribution in [0.25, 0.3) is 0 Å². The van der Waals surface area contributed by atoms with Crippen LogP contribution in [0.5, 0.6) is 5.75 Å². The summed E-state index contributed by atoms with van der Waals surface area (Å²) in [6.07, 6.45) is 1.29. The molecule has 1 aliphatic heterocycles. The van der Waals surface area contributed by atoms with Gasteiger partial charge in [-0.25, -0.2) is 0 Å². The molecule has 7 heteroatoms. The topological polar surface area (TPSA) is 74.6 Å². The van der Waals surface area contributed by atoms with Crippen molar-refractivity contribution in [2.75, 3.05) is 25.5 Å². The van der Waals surface area contributed by atoms with Gasteiger partial charge in [0.1, 0.15) is 17.4 Å². The fourth-order valence-electron chi connectivity index (χ4n) is 2.57. The molecule has 0 saturated carbocycles. The first-order valence-electron chi connectivity index (χ1n) is 7.59. The van der Waals surface area contributed by atoms with E-state index in [2.05, 4.69) is 5.32 Å². The first-order chi connectivity index (χ1) is 11.4. The fraction of sp³-hybridized carbons (Fsp3) is 0.412. The zero-order valence-corrected chi connectivity index (χ0v) is 14.6. The summed E-state index contributed by atoms with van der Waals surface area (Å²) in [6.45, 7) is 4.75. The molecule has 2 atom stereocenters. The normalized spacial score (nSPS) is 21.1. The lowest BCUT2D eigenvalue weighted by Gasteiger charge is -2.35. The van der Waals surface area contributed by atoms with Gasteiger partial charge in [-0.3, -0.25) is 4.79 Å². The SMILES string of the molecule is COc1ccc(N/C=C(/C#N)C(=O)N2CC(C)OC(C)C2)cc1Cl. The molecule has 1 aromatic carbocycles. The van der Waals surface area contributed by atoms with E-state index in [4.69, 9.17) is 21.1 Å². The summed E-state index contributed by atoms with van der Waals surface area (Å²) in [5, 5.41) is 12.7. The molecule has 1 heterocycles. The van der Waals surface area contributed by atoms with Gasteiger partial charge in [-0.15, -0.1) is 0 Å². The molecule has 2 rings (SSSR count). The molecule has 2 unspecified atom stereocenters. The first kappa shape index (κ1) is 18.1. The molecule has 1 amide bonds. The number of amides is 1. The number of carbonyl (C=O) groups excluding carboxylic acids is 1. The molecule has 1 fully saturated rings. The second-order valence-corrected chi connectivity index (χ2v) is 6.04. The molecule has 1 N–H and O–H groups in total. The van der Waals surface area contributed by atoms with E-state index in [0.717, 1.165) is 0 Å². The Morgan fingerprint density at radius 1 is 1.46 bits per heavy atom. The van der Waals surface area contributed by atoms with Crippen LogP contribution >= 0.6 is 11.6 Å². The Balaban J connectivity index is 2.10. The van der Waals surface area contributed by atoms with E-state index in [0.29, 0.717) is 29.5 Å². The van der Waals surface area contributed by atoms with Crippen LogP contribution in [-0.4, -0.2) is 43.2 Å². The van der Waals surface area contributed by atoms with Crippen LogP contribution in [0, 0.1) is 11.3 Å². The van der Waals surface area contributed by atoms with Crippen LogP contribution in [0.2, 0.25) is 5.02 Å². The average molecular weight is 350 g/mol. The van der Waals surface area contributed by atoms with E-state index in [1.165, 1.54) is 13.3 Å². The van der Waals surface area contributed by atoms with Crippen LogP contribution in [0.1, 0.15) is 13.8 Å². The third-order valence-corrected chi connectivity index (χ3v) is 3.89. The monoisotopic (exact) mass is 349 g/mol. The number of halogens is 1. The van der Waals surface area contributed by atoms with Gasteiger partial charge in [0.25, 0.3) is 5.91 Å². The van der Waals surface area contributed by atoms with E-state index in [1.807, 2.05) is 19.9 Å². The van der Waals surface area contributed by atoms with Crippen LogP contribution in [0.15, 0.2) is 30.0 Å². The molecule has 0 aromatic heterocycles. The highest BCUT2D eigenvalue weighted by atomic mass is 35.5. The van der Waals surface area contributed by atoms with Gasteiger partial charge in [-0.05, 0) is 32.0 Å². The van der Waals surface area contributed by atoms with Crippen molar-refractivity contribution in [2.45, 2.75) is 26.1 Å². The van der Waals surface area contributed by atoms with Crippen molar-refractivity contribution < 1.29 is 14.3 Å². The van der Waals surface area contributed by atoms with E-state index in [1.54, 1.807) is 23.1 Å². The molecule has 0 radical (unpaired) electrons. The number of nitrogens with one attached hydrogen (secondary N) is 1. The molecule has 128 valence electrons. The number of methoxy groups -OCH3 is 1. The van der Waals surface area contributed by atoms with E-state index in [9.17, 15) is 10.1 Å². The third-order valence-electron chi connectivity index (χ3n) is 3.59. The van der Waals surface area contributed by atoms with Crippen molar-refractivity contribution >= 4 is 23.2 Å². The number of carbonyl (C=O) groups is 1. The maximum absolute atomic E-state index is 12.5. The molecule has 1 aliphatic rings. The van der Waals surface area contributed by atoms with Crippen LogP contribution < -0.4 is 10.1 Å². The summed E-state index contributed by atoms with van der Waals surface area (Å²) >= 11 is 6.06. The van der Waals surface area contributed by atoms with Crippen molar-refractivity contribution in [3.05, 3.63) is 35.0 Å². The number of morpholine rings is 1. The molecule has 0 spiro atoms. The maximum Gasteiger partial charge on any atom is 0.266 e. The lowest BCUT2D eigenvalue weighted by Crippen LogP contribution is -2.48. The molecular weight excluding hydrogens is 330 g/mol. The Labute approximate surface area is 146 Å². The molecule has 1 aromatic rings. The Morgan fingerprint density at radius 3 is 2.67 bits per heavy atom. The number of anilines is 1. The van der Waals surface area contributed by atoms with Gasteiger partial charge in [0.2, 0.25) is 0 Å². The minimum Gasteiger partial charge on any atom is -0.495 e. The van der Waals surface area contributed by atoms with Crippen molar-refractivity contribution in [2.24, 2.45) is 0 Å². The first-order valence-corrected chi connectivity index (χ1v) is 7.97. The summed E-state index contributed by atoms with van der Waals surface area (Å²) in [4.78, 5) is 14.1. The van der Waals surface area contributed by atoms with Gasteiger partial charge in [-0.1, -0.05) is 11.6 Å². The average Bonchev–Trinajstić information content (AvgIpc) is 2.54. The van der Waals surface area contributed by atoms with Gasteiger partial charge < -0.3 is 19.7 Å². The standard InChI is InChI=1S/C17H20ClN3O3/c1-11-9-21(10-12(2)24-11)17(22)13(7-19)8-20-14-4-5-16(23-3)15(18)6-14/h4-6,8,11-12,20H,9-10H2,1-3H3/b13-8-. The van der Waals surface area contributed by atoms with Crippen molar-refractivity contribution in [3.8, 4) is 11.8 Å². The smallest absolute Gasteiger partial charge is 0.266 e. The predicted molar refractivity (Wildman–Crippen MR) is 91.9 cm³/mol. The Bertz CT molecular complexity index is 674. The predicted octanol–water partition coefficient (Wildman–Crippen LogP) is 2.80. The summed E-state index contributed by atoms with van der Waals surface area (Å²) in [6, 6.07) is 7.06. The van der Waals surface area contributed by atoms with E-state index < -0.39 is 0 Å². The molecular formula is C17H20ClN3O3. The van der Waals surface area contributed by atoms with Crippen LogP contribution in [0.3, 0.4) is 0 Å². The Hall–Kier alpha value is -2.23. The molecule has 24 heavy (non-hydrogen) atoms. The quantitative estimate of drug-likeness (QED) is 0.668. The number of benzene rings is 1.